The summed E-state index contributed by atoms with van der Waals surface area (Å²) in [4.78, 5) is 10.5. The molecule has 1 rings (SSSR count). The number of para-hydroxylation sites is 2. The van der Waals surface area contributed by atoms with Crippen molar-refractivity contribution in [1.29, 1.82) is 0 Å². The van der Waals surface area contributed by atoms with E-state index in [4.69, 9.17) is 20.3 Å². The Kier molecular flexibility index (Phi) is 4.60. The van der Waals surface area contributed by atoms with Crippen molar-refractivity contribution in [2.24, 2.45) is 5.73 Å². The van der Waals surface area contributed by atoms with Crippen LogP contribution in [0, 0.1) is 0 Å². The van der Waals surface area contributed by atoms with E-state index in [0.29, 0.717) is 18.1 Å². The second kappa shape index (κ2) is 5.97. The number of hydrogen-bond acceptors (Lipinski definition) is 4. The third-order valence-corrected chi connectivity index (χ3v) is 1.88. The van der Waals surface area contributed by atoms with Gasteiger partial charge in [0.25, 0.3) is 0 Å². The quantitative estimate of drug-likeness (QED) is 0.750. The Balaban J connectivity index is 2.62. The van der Waals surface area contributed by atoms with Crippen LogP contribution in [0.4, 0.5) is 0 Å². The first-order valence-corrected chi connectivity index (χ1v) is 4.98. The molecular weight excluding hydrogens is 210 g/mol. The summed E-state index contributed by atoms with van der Waals surface area (Å²) in [5.41, 5.74) is 5.32. The zero-order chi connectivity index (χ0) is 12.0. The van der Waals surface area contributed by atoms with E-state index in [9.17, 15) is 4.79 Å². The highest BCUT2D eigenvalue weighted by Crippen LogP contribution is 2.26. The average Bonchev–Trinajstić information content (AvgIpc) is 2.27. The van der Waals surface area contributed by atoms with Crippen LogP contribution in [-0.4, -0.2) is 30.3 Å². The predicted molar refractivity (Wildman–Crippen MR) is 58.7 cm³/mol. The van der Waals surface area contributed by atoms with Crippen LogP contribution in [0.15, 0.2) is 24.3 Å². The molecule has 1 aromatic rings. The minimum atomic E-state index is -1.09. The SMILES string of the molecule is CCOc1ccccc1OCC(N)C(=O)O. The van der Waals surface area contributed by atoms with Gasteiger partial charge in [-0.15, -0.1) is 0 Å². The zero-order valence-corrected chi connectivity index (χ0v) is 9.05. The second-order valence-corrected chi connectivity index (χ2v) is 3.14. The number of rotatable bonds is 6. The predicted octanol–water partition coefficient (Wildman–Crippen LogP) is 0.876. The zero-order valence-electron chi connectivity index (χ0n) is 9.05. The minimum absolute atomic E-state index is 0.0839. The van der Waals surface area contributed by atoms with Gasteiger partial charge < -0.3 is 20.3 Å². The van der Waals surface area contributed by atoms with E-state index in [2.05, 4.69) is 0 Å². The average molecular weight is 225 g/mol. The largest absolute Gasteiger partial charge is 0.490 e. The van der Waals surface area contributed by atoms with Crippen molar-refractivity contribution < 1.29 is 19.4 Å². The van der Waals surface area contributed by atoms with E-state index in [1.807, 2.05) is 13.0 Å². The number of aliphatic carboxylic acids is 1. The monoisotopic (exact) mass is 225 g/mol. The lowest BCUT2D eigenvalue weighted by Gasteiger charge is -2.13. The molecule has 0 amide bonds. The van der Waals surface area contributed by atoms with Crippen LogP contribution in [0.5, 0.6) is 11.5 Å². The van der Waals surface area contributed by atoms with Gasteiger partial charge in [-0.3, -0.25) is 4.79 Å². The Morgan fingerprint density at radius 1 is 1.38 bits per heavy atom. The molecule has 5 heteroatoms. The van der Waals surface area contributed by atoms with Gasteiger partial charge >= 0.3 is 5.97 Å². The summed E-state index contributed by atoms with van der Waals surface area (Å²) >= 11 is 0. The summed E-state index contributed by atoms with van der Waals surface area (Å²) in [6, 6.07) is 6.03. The first-order chi connectivity index (χ1) is 7.65. The number of carboxylic acids is 1. The molecule has 88 valence electrons. The number of hydrogen-bond donors (Lipinski definition) is 2. The topological polar surface area (TPSA) is 81.8 Å². The van der Waals surface area contributed by atoms with Crippen LogP contribution in [-0.2, 0) is 4.79 Å². The van der Waals surface area contributed by atoms with E-state index >= 15 is 0 Å². The van der Waals surface area contributed by atoms with E-state index in [-0.39, 0.29) is 6.61 Å². The highest BCUT2D eigenvalue weighted by molar-refractivity contribution is 5.73. The normalized spacial score (nSPS) is 11.9. The first-order valence-electron chi connectivity index (χ1n) is 4.98. The van der Waals surface area contributed by atoms with Crippen LogP contribution in [0.2, 0.25) is 0 Å². The molecule has 0 saturated heterocycles. The summed E-state index contributed by atoms with van der Waals surface area (Å²) < 4.78 is 10.6. The summed E-state index contributed by atoms with van der Waals surface area (Å²) in [5.74, 6) is -0.00229. The van der Waals surface area contributed by atoms with Crippen LogP contribution in [0.3, 0.4) is 0 Å². The summed E-state index contributed by atoms with van der Waals surface area (Å²) in [6.45, 7) is 2.30. The Labute approximate surface area is 93.8 Å². The summed E-state index contributed by atoms with van der Waals surface area (Å²) in [5, 5.41) is 8.60. The fourth-order valence-electron chi connectivity index (χ4n) is 1.10. The van der Waals surface area contributed by atoms with Gasteiger partial charge in [0.1, 0.15) is 12.6 Å². The molecule has 5 nitrogen and oxygen atoms in total. The molecule has 1 unspecified atom stereocenters. The molecule has 0 fully saturated rings. The molecule has 0 aliphatic rings. The van der Waals surface area contributed by atoms with Crippen molar-refractivity contribution in [3.8, 4) is 11.5 Å². The van der Waals surface area contributed by atoms with Gasteiger partial charge in [-0.1, -0.05) is 12.1 Å². The van der Waals surface area contributed by atoms with Gasteiger partial charge in [0.2, 0.25) is 0 Å². The van der Waals surface area contributed by atoms with Crippen molar-refractivity contribution in [3.05, 3.63) is 24.3 Å². The third kappa shape index (κ3) is 3.43. The molecule has 0 aromatic heterocycles. The van der Waals surface area contributed by atoms with Gasteiger partial charge in [0, 0.05) is 0 Å². The third-order valence-electron chi connectivity index (χ3n) is 1.88. The van der Waals surface area contributed by atoms with Crippen molar-refractivity contribution >= 4 is 5.97 Å². The standard InChI is InChI=1S/C11H15NO4/c1-2-15-9-5-3-4-6-10(9)16-7-8(12)11(13)14/h3-6,8H,2,7,12H2,1H3,(H,13,14). The van der Waals surface area contributed by atoms with E-state index in [1.165, 1.54) is 0 Å². The minimum Gasteiger partial charge on any atom is -0.490 e. The van der Waals surface area contributed by atoms with E-state index < -0.39 is 12.0 Å². The summed E-state index contributed by atoms with van der Waals surface area (Å²) in [7, 11) is 0. The molecule has 0 heterocycles. The lowest BCUT2D eigenvalue weighted by Crippen LogP contribution is -2.36. The molecule has 3 N–H and O–H groups in total. The molecule has 0 spiro atoms. The molecule has 0 aliphatic heterocycles. The molecule has 0 bridgehead atoms. The smallest absolute Gasteiger partial charge is 0.324 e. The Morgan fingerprint density at radius 2 is 1.94 bits per heavy atom. The Bertz CT molecular complexity index is 354. The number of carboxylic acid groups (broad SMARTS) is 1. The Hall–Kier alpha value is -1.75. The van der Waals surface area contributed by atoms with Crippen LogP contribution >= 0.6 is 0 Å². The van der Waals surface area contributed by atoms with Crippen LogP contribution in [0.1, 0.15) is 6.92 Å². The van der Waals surface area contributed by atoms with Crippen molar-refractivity contribution in [2.75, 3.05) is 13.2 Å². The number of benzene rings is 1. The lowest BCUT2D eigenvalue weighted by atomic mass is 10.3. The molecule has 0 radical (unpaired) electrons. The van der Waals surface area contributed by atoms with Crippen molar-refractivity contribution in [1.82, 2.24) is 0 Å². The van der Waals surface area contributed by atoms with E-state index in [1.54, 1.807) is 18.2 Å². The highest BCUT2D eigenvalue weighted by atomic mass is 16.5. The second-order valence-electron chi connectivity index (χ2n) is 3.14. The lowest BCUT2D eigenvalue weighted by molar-refractivity contribution is -0.139. The molecular formula is C11H15NO4. The van der Waals surface area contributed by atoms with Gasteiger partial charge in [-0.05, 0) is 19.1 Å². The first kappa shape index (κ1) is 12.3. The maximum Gasteiger partial charge on any atom is 0.324 e. The van der Waals surface area contributed by atoms with Gasteiger partial charge in [-0.25, -0.2) is 0 Å². The maximum absolute atomic E-state index is 10.5. The molecule has 0 aliphatic carbocycles. The number of ether oxygens (including phenoxy) is 2. The highest BCUT2D eigenvalue weighted by Gasteiger charge is 2.13. The van der Waals surface area contributed by atoms with Crippen LogP contribution < -0.4 is 15.2 Å². The fraction of sp³-hybridized carbons (Fsp3) is 0.364. The van der Waals surface area contributed by atoms with E-state index in [0.717, 1.165) is 0 Å². The maximum atomic E-state index is 10.5. The molecule has 16 heavy (non-hydrogen) atoms. The van der Waals surface area contributed by atoms with Gasteiger partial charge in [-0.2, -0.15) is 0 Å². The number of carbonyl (C=O) groups is 1. The Morgan fingerprint density at radius 3 is 2.44 bits per heavy atom. The van der Waals surface area contributed by atoms with Crippen LogP contribution in [0.25, 0.3) is 0 Å². The van der Waals surface area contributed by atoms with Gasteiger partial charge in [0.05, 0.1) is 6.61 Å². The fourth-order valence-corrected chi connectivity index (χ4v) is 1.10. The van der Waals surface area contributed by atoms with Gasteiger partial charge in [0.15, 0.2) is 11.5 Å². The van der Waals surface area contributed by atoms with Crippen molar-refractivity contribution in [2.45, 2.75) is 13.0 Å². The molecule has 1 atom stereocenters. The molecule has 0 saturated carbocycles. The summed E-state index contributed by atoms with van der Waals surface area (Å²) in [6.07, 6.45) is 0. The molecule has 1 aromatic carbocycles. The van der Waals surface area contributed by atoms with Crippen molar-refractivity contribution in [3.63, 3.8) is 0 Å². The number of nitrogens with two attached hydrogens (primary N) is 1.